The molecule has 1 aromatic carbocycles. The Balaban J connectivity index is 1.45. The van der Waals surface area contributed by atoms with Crippen LogP contribution in [0.4, 0.5) is 14.9 Å². The van der Waals surface area contributed by atoms with E-state index in [0.717, 1.165) is 18.4 Å². The van der Waals surface area contributed by atoms with Crippen molar-refractivity contribution in [3.8, 4) is 0 Å². The van der Waals surface area contributed by atoms with Gasteiger partial charge in [-0.2, -0.15) is 0 Å². The molecule has 0 saturated heterocycles. The molecular formula is C15H19FN2O. The molecule has 2 amide bonds. The summed E-state index contributed by atoms with van der Waals surface area (Å²) in [6, 6.07) is 5.60. The van der Waals surface area contributed by atoms with Gasteiger partial charge in [-0.15, -0.1) is 0 Å². The summed E-state index contributed by atoms with van der Waals surface area (Å²) in [5, 5.41) is 5.65. The molecule has 4 heteroatoms. The van der Waals surface area contributed by atoms with Gasteiger partial charge >= 0.3 is 6.03 Å². The van der Waals surface area contributed by atoms with E-state index in [4.69, 9.17) is 0 Å². The van der Waals surface area contributed by atoms with Crippen molar-refractivity contribution in [3.05, 3.63) is 30.1 Å². The van der Waals surface area contributed by atoms with Crippen molar-refractivity contribution in [2.75, 3.05) is 11.9 Å². The Morgan fingerprint density at radius 1 is 1.21 bits per heavy atom. The number of hydrogen-bond donors (Lipinski definition) is 2. The Morgan fingerprint density at radius 2 is 2.00 bits per heavy atom. The van der Waals surface area contributed by atoms with Crippen LogP contribution in [0.15, 0.2) is 24.3 Å². The van der Waals surface area contributed by atoms with Crippen molar-refractivity contribution in [2.45, 2.75) is 25.7 Å². The number of urea groups is 1. The largest absolute Gasteiger partial charge is 0.338 e. The minimum Gasteiger partial charge on any atom is -0.338 e. The van der Waals surface area contributed by atoms with E-state index >= 15 is 0 Å². The highest BCUT2D eigenvalue weighted by atomic mass is 19.1. The molecule has 2 aliphatic rings. The maximum Gasteiger partial charge on any atom is 0.319 e. The van der Waals surface area contributed by atoms with E-state index in [1.165, 1.54) is 37.8 Å². The quantitative estimate of drug-likeness (QED) is 0.861. The van der Waals surface area contributed by atoms with Crippen LogP contribution in [0.5, 0.6) is 0 Å². The highest BCUT2D eigenvalue weighted by molar-refractivity contribution is 5.89. The second kappa shape index (κ2) is 5.19. The molecule has 0 radical (unpaired) electrons. The lowest BCUT2D eigenvalue weighted by Gasteiger charge is -2.21. The molecule has 3 nitrogen and oxygen atoms in total. The third-order valence-electron chi connectivity index (χ3n) is 4.51. The van der Waals surface area contributed by atoms with E-state index in [2.05, 4.69) is 10.6 Å². The van der Waals surface area contributed by atoms with Crippen LogP contribution >= 0.6 is 0 Å². The van der Waals surface area contributed by atoms with Crippen LogP contribution in [0.1, 0.15) is 25.7 Å². The van der Waals surface area contributed by atoms with E-state index in [0.29, 0.717) is 11.6 Å². The monoisotopic (exact) mass is 262 g/mol. The molecule has 3 rings (SSSR count). The molecule has 2 N–H and O–H groups in total. The van der Waals surface area contributed by atoms with E-state index in [1.54, 1.807) is 12.1 Å². The molecule has 0 aromatic heterocycles. The van der Waals surface area contributed by atoms with Crippen LogP contribution < -0.4 is 10.6 Å². The van der Waals surface area contributed by atoms with Crippen molar-refractivity contribution in [2.24, 2.45) is 17.8 Å². The number of fused-ring (bicyclic) bond motifs is 2. The first-order valence-electron chi connectivity index (χ1n) is 7.01. The minimum absolute atomic E-state index is 0.200. The molecule has 2 bridgehead atoms. The summed E-state index contributed by atoms with van der Waals surface area (Å²) in [5.41, 5.74) is 0.617. The second-order valence-electron chi connectivity index (χ2n) is 5.78. The van der Waals surface area contributed by atoms with Gasteiger partial charge in [0.2, 0.25) is 0 Å². The maximum absolute atomic E-state index is 12.7. The average Bonchev–Trinajstić information content (AvgIpc) is 3.01. The molecule has 1 aromatic rings. The lowest BCUT2D eigenvalue weighted by molar-refractivity contribution is 0.245. The SMILES string of the molecule is O=C(NCC1CC2CCC1C2)Nc1ccc(F)cc1. The van der Waals surface area contributed by atoms with Gasteiger partial charge in [-0.25, -0.2) is 9.18 Å². The fourth-order valence-electron chi connectivity index (χ4n) is 3.56. The lowest BCUT2D eigenvalue weighted by atomic mass is 9.89. The predicted molar refractivity (Wildman–Crippen MR) is 72.4 cm³/mol. The first-order valence-corrected chi connectivity index (χ1v) is 7.01. The molecule has 2 aliphatic carbocycles. The average molecular weight is 262 g/mol. The Morgan fingerprint density at radius 3 is 2.63 bits per heavy atom. The zero-order valence-electron chi connectivity index (χ0n) is 10.9. The minimum atomic E-state index is -0.298. The van der Waals surface area contributed by atoms with Crippen molar-refractivity contribution >= 4 is 11.7 Å². The summed E-state index contributed by atoms with van der Waals surface area (Å²) in [6.07, 6.45) is 5.33. The van der Waals surface area contributed by atoms with Gasteiger partial charge in [0.1, 0.15) is 5.82 Å². The fraction of sp³-hybridized carbons (Fsp3) is 0.533. The Bertz CT molecular complexity index is 460. The maximum atomic E-state index is 12.7. The molecule has 3 atom stereocenters. The first kappa shape index (κ1) is 12.5. The molecule has 3 unspecified atom stereocenters. The summed E-state index contributed by atoms with van der Waals surface area (Å²) >= 11 is 0. The highest BCUT2D eigenvalue weighted by Gasteiger charge is 2.39. The standard InChI is InChI=1S/C15H19FN2O/c16-13-3-5-14(6-4-13)18-15(19)17-9-12-8-10-1-2-11(12)7-10/h3-6,10-12H,1-2,7-9H2,(H2,17,18,19). The molecule has 0 heterocycles. The molecule has 0 aliphatic heterocycles. The summed E-state index contributed by atoms with van der Waals surface area (Å²) < 4.78 is 12.7. The molecule has 2 saturated carbocycles. The third kappa shape index (κ3) is 2.88. The lowest BCUT2D eigenvalue weighted by Crippen LogP contribution is -2.34. The number of carbonyl (C=O) groups excluding carboxylic acids is 1. The summed E-state index contributed by atoms with van der Waals surface area (Å²) in [7, 11) is 0. The van der Waals surface area contributed by atoms with Gasteiger partial charge in [-0.05, 0) is 61.3 Å². The molecule has 2 fully saturated rings. The van der Waals surface area contributed by atoms with Crippen molar-refractivity contribution in [1.82, 2.24) is 5.32 Å². The number of nitrogens with one attached hydrogen (secondary N) is 2. The number of anilines is 1. The summed E-state index contributed by atoms with van der Waals surface area (Å²) in [4.78, 5) is 11.7. The van der Waals surface area contributed by atoms with Gasteiger partial charge < -0.3 is 10.6 Å². The molecule has 0 spiro atoms. The van der Waals surface area contributed by atoms with Crippen molar-refractivity contribution < 1.29 is 9.18 Å². The van der Waals surface area contributed by atoms with Gasteiger partial charge in [-0.3, -0.25) is 0 Å². The van der Waals surface area contributed by atoms with Crippen molar-refractivity contribution in [3.63, 3.8) is 0 Å². The Labute approximate surface area is 112 Å². The van der Waals surface area contributed by atoms with Crippen LogP contribution in [0.2, 0.25) is 0 Å². The van der Waals surface area contributed by atoms with Crippen LogP contribution in [-0.2, 0) is 0 Å². The number of halogens is 1. The van der Waals surface area contributed by atoms with Gasteiger partial charge in [0.25, 0.3) is 0 Å². The number of benzene rings is 1. The zero-order chi connectivity index (χ0) is 13.2. The van der Waals surface area contributed by atoms with Crippen LogP contribution in [-0.4, -0.2) is 12.6 Å². The summed E-state index contributed by atoms with van der Waals surface area (Å²) in [6.45, 7) is 0.758. The third-order valence-corrected chi connectivity index (χ3v) is 4.51. The van der Waals surface area contributed by atoms with Crippen LogP contribution in [0.3, 0.4) is 0 Å². The Kier molecular flexibility index (Phi) is 3.40. The molecule has 102 valence electrons. The number of carbonyl (C=O) groups is 1. The molecular weight excluding hydrogens is 243 g/mol. The number of amides is 2. The number of hydrogen-bond acceptors (Lipinski definition) is 1. The zero-order valence-corrected chi connectivity index (χ0v) is 10.9. The van der Waals surface area contributed by atoms with E-state index < -0.39 is 0 Å². The van der Waals surface area contributed by atoms with Gasteiger partial charge in [0, 0.05) is 12.2 Å². The second-order valence-corrected chi connectivity index (χ2v) is 5.78. The normalized spacial score (nSPS) is 28.4. The van der Waals surface area contributed by atoms with Gasteiger partial charge in [0.05, 0.1) is 0 Å². The van der Waals surface area contributed by atoms with Crippen LogP contribution in [0, 0.1) is 23.6 Å². The first-order chi connectivity index (χ1) is 9.20. The summed E-state index contributed by atoms with van der Waals surface area (Å²) in [5.74, 6) is 2.07. The number of rotatable bonds is 3. The van der Waals surface area contributed by atoms with Gasteiger partial charge in [0.15, 0.2) is 0 Å². The van der Waals surface area contributed by atoms with E-state index in [-0.39, 0.29) is 11.8 Å². The van der Waals surface area contributed by atoms with E-state index in [9.17, 15) is 9.18 Å². The van der Waals surface area contributed by atoms with Gasteiger partial charge in [-0.1, -0.05) is 6.42 Å². The highest BCUT2D eigenvalue weighted by Crippen LogP contribution is 2.47. The fourth-order valence-corrected chi connectivity index (χ4v) is 3.56. The van der Waals surface area contributed by atoms with Crippen LogP contribution in [0.25, 0.3) is 0 Å². The van der Waals surface area contributed by atoms with Crippen molar-refractivity contribution in [1.29, 1.82) is 0 Å². The van der Waals surface area contributed by atoms with E-state index in [1.807, 2.05) is 0 Å². The smallest absolute Gasteiger partial charge is 0.319 e. The predicted octanol–water partition coefficient (Wildman–Crippen LogP) is 3.38. The Hall–Kier alpha value is -1.58. The topological polar surface area (TPSA) is 41.1 Å². The molecule has 19 heavy (non-hydrogen) atoms.